The van der Waals surface area contributed by atoms with Crippen LogP contribution in [0.3, 0.4) is 0 Å². The largest absolute Gasteiger partial charge is 0.325 e. The first kappa shape index (κ1) is 16.6. The van der Waals surface area contributed by atoms with Gasteiger partial charge in [-0.2, -0.15) is 5.10 Å². The van der Waals surface area contributed by atoms with Crippen LogP contribution in [0.25, 0.3) is 10.9 Å². The van der Waals surface area contributed by atoms with Crippen molar-refractivity contribution < 1.29 is 9.72 Å². The summed E-state index contributed by atoms with van der Waals surface area (Å²) in [6, 6.07) is 6.20. The number of fused-ring (bicyclic) bond motifs is 1. The predicted octanol–water partition coefficient (Wildman–Crippen LogP) is 2.62. The number of anilines is 1. The third-order valence-corrected chi connectivity index (χ3v) is 3.82. The van der Waals surface area contributed by atoms with E-state index in [4.69, 9.17) is 0 Å². The van der Waals surface area contributed by atoms with E-state index in [9.17, 15) is 14.9 Å². The maximum Gasteiger partial charge on any atom is 0.270 e. The maximum absolute atomic E-state index is 12.4. The van der Waals surface area contributed by atoms with E-state index >= 15 is 0 Å². The Morgan fingerprint density at radius 2 is 2.16 bits per heavy atom. The molecule has 0 saturated carbocycles. The van der Waals surface area contributed by atoms with Crippen LogP contribution in [0.4, 0.5) is 11.4 Å². The molecule has 1 amide bonds. The van der Waals surface area contributed by atoms with Crippen LogP contribution in [-0.4, -0.2) is 25.6 Å². The molecule has 25 heavy (non-hydrogen) atoms. The standard InChI is InChI=1S/C17H17N5O3/c1-3-12-7-16(20-17(23)6-11-9-18-21(2)10-11)14-8-13(22(24)25)4-5-15(14)19-12/h4-5,7-10H,3,6H2,1-2H3,(H,19,20,23). The van der Waals surface area contributed by atoms with Crippen LogP contribution in [0.1, 0.15) is 18.2 Å². The molecule has 0 bridgehead atoms. The highest BCUT2D eigenvalue weighted by Gasteiger charge is 2.14. The Kier molecular flexibility index (Phi) is 4.42. The molecular weight excluding hydrogens is 322 g/mol. The number of amides is 1. The Morgan fingerprint density at radius 3 is 2.80 bits per heavy atom. The van der Waals surface area contributed by atoms with Crippen LogP contribution < -0.4 is 5.32 Å². The summed E-state index contributed by atoms with van der Waals surface area (Å²) >= 11 is 0. The number of hydrogen-bond acceptors (Lipinski definition) is 5. The number of pyridine rings is 1. The number of carbonyl (C=O) groups is 1. The van der Waals surface area contributed by atoms with Crippen LogP contribution in [0.15, 0.2) is 36.7 Å². The summed E-state index contributed by atoms with van der Waals surface area (Å²) in [7, 11) is 1.78. The second kappa shape index (κ2) is 6.68. The van der Waals surface area contributed by atoms with E-state index in [1.807, 2.05) is 6.92 Å². The number of hydrogen-bond donors (Lipinski definition) is 1. The summed E-state index contributed by atoms with van der Waals surface area (Å²) in [5, 5.41) is 18.5. The van der Waals surface area contributed by atoms with Gasteiger partial charge in [-0.3, -0.25) is 24.6 Å². The number of carbonyl (C=O) groups excluding carboxylic acids is 1. The van der Waals surface area contributed by atoms with E-state index in [1.54, 1.807) is 36.3 Å². The minimum atomic E-state index is -0.464. The molecule has 0 radical (unpaired) electrons. The second-order valence-corrected chi connectivity index (χ2v) is 5.72. The molecule has 128 valence electrons. The van der Waals surface area contributed by atoms with Gasteiger partial charge >= 0.3 is 0 Å². The van der Waals surface area contributed by atoms with Gasteiger partial charge in [0.25, 0.3) is 5.69 Å². The zero-order valence-electron chi connectivity index (χ0n) is 13.9. The van der Waals surface area contributed by atoms with Gasteiger partial charge in [0.2, 0.25) is 5.91 Å². The van der Waals surface area contributed by atoms with Crippen LogP contribution in [0.2, 0.25) is 0 Å². The summed E-state index contributed by atoms with van der Waals surface area (Å²) in [5.74, 6) is -0.214. The number of benzene rings is 1. The third-order valence-electron chi connectivity index (χ3n) is 3.82. The lowest BCUT2D eigenvalue weighted by Gasteiger charge is -2.10. The quantitative estimate of drug-likeness (QED) is 0.568. The summed E-state index contributed by atoms with van der Waals surface area (Å²) in [6.45, 7) is 1.96. The highest BCUT2D eigenvalue weighted by molar-refractivity contribution is 6.02. The molecule has 0 unspecified atom stereocenters. The van der Waals surface area contributed by atoms with Gasteiger partial charge in [-0.05, 0) is 24.1 Å². The molecule has 1 N–H and O–H groups in total. The molecule has 0 aliphatic heterocycles. The van der Waals surface area contributed by atoms with E-state index in [0.29, 0.717) is 23.0 Å². The number of non-ortho nitro benzene ring substituents is 1. The van der Waals surface area contributed by atoms with Crippen molar-refractivity contribution in [1.82, 2.24) is 14.8 Å². The minimum absolute atomic E-state index is 0.0405. The molecule has 0 spiro atoms. The Labute approximate surface area is 143 Å². The molecule has 8 heteroatoms. The molecule has 8 nitrogen and oxygen atoms in total. The normalized spacial score (nSPS) is 10.8. The summed E-state index contributed by atoms with van der Waals surface area (Å²) in [5.41, 5.74) is 2.69. The molecule has 0 atom stereocenters. The minimum Gasteiger partial charge on any atom is -0.325 e. The van der Waals surface area contributed by atoms with E-state index < -0.39 is 4.92 Å². The fourth-order valence-corrected chi connectivity index (χ4v) is 2.61. The van der Waals surface area contributed by atoms with Crippen molar-refractivity contribution in [3.05, 3.63) is 58.0 Å². The van der Waals surface area contributed by atoms with Gasteiger partial charge in [-0.25, -0.2) is 0 Å². The molecule has 0 fully saturated rings. The van der Waals surface area contributed by atoms with Crippen molar-refractivity contribution in [3.63, 3.8) is 0 Å². The smallest absolute Gasteiger partial charge is 0.270 e. The lowest BCUT2D eigenvalue weighted by molar-refractivity contribution is -0.384. The first-order valence-electron chi connectivity index (χ1n) is 7.81. The molecule has 0 aliphatic carbocycles. The number of aromatic nitrogens is 3. The van der Waals surface area contributed by atoms with Gasteiger partial charge in [0.1, 0.15) is 0 Å². The molecule has 2 heterocycles. The van der Waals surface area contributed by atoms with Crippen molar-refractivity contribution in [2.75, 3.05) is 5.32 Å². The van der Waals surface area contributed by atoms with E-state index in [-0.39, 0.29) is 18.0 Å². The second-order valence-electron chi connectivity index (χ2n) is 5.72. The lowest BCUT2D eigenvalue weighted by atomic mass is 10.1. The fraction of sp³-hybridized carbons (Fsp3) is 0.235. The number of aryl methyl sites for hydroxylation is 2. The zero-order chi connectivity index (χ0) is 18.0. The topological polar surface area (TPSA) is 103 Å². The molecule has 3 aromatic rings. The number of nitrogens with zero attached hydrogens (tertiary/aromatic N) is 4. The lowest BCUT2D eigenvalue weighted by Crippen LogP contribution is -2.15. The average Bonchev–Trinajstić information content (AvgIpc) is 2.98. The third kappa shape index (κ3) is 3.63. The SMILES string of the molecule is CCc1cc(NC(=O)Cc2cnn(C)c2)c2cc([N+](=O)[O-])ccc2n1. The summed E-state index contributed by atoms with van der Waals surface area (Å²) in [6.07, 6.45) is 4.27. The average molecular weight is 339 g/mol. The maximum atomic E-state index is 12.4. The molecule has 0 aliphatic rings. The van der Waals surface area contributed by atoms with Crippen LogP contribution in [0.5, 0.6) is 0 Å². The Morgan fingerprint density at radius 1 is 1.36 bits per heavy atom. The number of rotatable bonds is 5. The van der Waals surface area contributed by atoms with Crippen LogP contribution in [0, 0.1) is 10.1 Å². The van der Waals surface area contributed by atoms with Gasteiger partial charge in [0.15, 0.2) is 0 Å². The monoisotopic (exact) mass is 339 g/mol. The molecule has 2 aromatic heterocycles. The molecule has 0 saturated heterocycles. The van der Waals surface area contributed by atoms with Gasteiger partial charge in [-0.1, -0.05) is 6.92 Å². The van der Waals surface area contributed by atoms with E-state index in [0.717, 1.165) is 11.3 Å². The van der Waals surface area contributed by atoms with Crippen LogP contribution in [-0.2, 0) is 24.7 Å². The summed E-state index contributed by atoms with van der Waals surface area (Å²) < 4.78 is 1.63. The van der Waals surface area contributed by atoms with Crippen LogP contribution >= 0.6 is 0 Å². The van der Waals surface area contributed by atoms with Crippen molar-refractivity contribution in [3.8, 4) is 0 Å². The van der Waals surface area contributed by atoms with Crippen molar-refractivity contribution in [2.24, 2.45) is 7.05 Å². The molecule has 1 aromatic carbocycles. The van der Waals surface area contributed by atoms with Crippen molar-refractivity contribution in [1.29, 1.82) is 0 Å². The van der Waals surface area contributed by atoms with Gasteiger partial charge < -0.3 is 5.32 Å². The highest BCUT2D eigenvalue weighted by Crippen LogP contribution is 2.27. The van der Waals surface area contributed by atoms with Gasteiger partial charge in [-0.15, -0.1) is 0 Å². The van der Waals surface area contributed by atoms with E-state index in [2.05, 4.69) is 15.4 Å². The Bertz CT molecular complexity index is 964. The Balaban J connectivity index is 1.96. The predicted molar refractivity (Wildman–Crippen MR) is 93.3 cm³/mol. The summed E-state index contributed by atoms with van der Waals surface area (Å²) in [4.78, 5) is 27.4. The molecule has 3 rings (SSSR count). The first-order valence-corrected chi connectivity index (χ1v) is 7.81. The highest BCUT2D eigenvalue weighted by atomic mass is 16.6. The Hall–Kier alpha value is -3.29. The fourth-order valence-electron chi connectivity index (χ4n) is 2.61. The number of nitro benzene ring substituents is 1. The molecular formula is C17H17N5O3. The number of nitrogens with one attached hydrogen (secondary N) is 1. The zero-order valence-corrected chi connectivity index (χ0v) is 13.9. The number of nitro groups is 1. The first-order chi connectivity index (χ1) is 12.0. The van der Waals surface area contributed by atoms with Gasteiger partial charge in [0.05, 0.1) is 28.7 Å². The van der Waals surface area contributed by atoms with Gasteiger partial charge in [0, 0.05) is 36.5 Å². The van der Waals surface area contributed by atoms with Crippen molar-refractivity contribution >= 4 is 28.2 Å². The van der Waals surface area contributed by atoms with E-state index in [1.165, 1.54) is 12.1 Å². The van der Waals surface area contributed by atoms with Crippen molar-refractivity contribution in [2.45, 2.75) is 19.8 Å².